The van der Waals surface area contributed by atoms with Crippen LogP contribution in [-0.4, -0.2) is 93.0 Å². The molecule has 0 N–H and O–H groups in total. The summed E-state index contributed by atoms with van der Waals surface area (Å²) in [6, 6.07) is 0. The zero-order chi connectivity index (χ0) is 32.6. The average Bonchev–Trinajstić information content (AvgIpc) is 3.66. The van der Waals surface area contributed by atoms with E-state index in [0.29, 0.717) is 32.6 Å². The van der Waals surface area contributed by atoms with Crippen molar-refractivity contribution in [2.45, 2.75) is 59.8 Å². The molecule has 12 nitrogen and oxygen atoms in total. The van der Waals surface area contributed by atoms with Gasteiger partial charge in [0.15, 0.2) is 0 Å². The van der Waals surface area contributed by atoms with E-state index < -0.39 is 0 Å². The van der Waals surface area contributed by atoms with Gasteiger partial charge in [-0.3, -0.25) is 58.0 Å². The van der Waals surface area contributed by atoms with Crippen LogP contribution in [0.2, 0.25) is 0 Å². The first-order chi connectivity index (χ1) is 20.7. The molecule has 4 aliphatic rings. The first kappa shape index (κ1) is 34.0. The van der Waals surface area contributed by atoms with Crippen molar-refractivity contribution in [2.75, 3.05) is 26.2 Å². The average molecular weight is 609 g/mol. The van der Waals surface area contributed by atoms with E-state index in [1.54, 1.807) is 0 Å². The fraction of sp³-hybridized carbons (Fsp3) is 0.500. The summed E-state index contributed by atoms with van der Waals surface area (Å²) < 4.78 is 0. The highest BCUT2D eigenvalue weighted by atomic mass is 16.2. The van der Waals surface area contributed by atoms with Gasteiger partial charge in [-0.05, 0) is 42.9 Å². The number of hydrogen-bond donors (Lipinski definition) is 0. The van der Waals surface area contributed by atoms with Gasteiger partial charge >= 0.3 is 0 Å². The van der Waals surface area contributed by atoms with Gasteiger partial charge in [-0.2, -0.15) is 0 Å². The lowest BCUT2D eigenvalue weighted by Gasteiger charge is -2.32. The van der Waals surface area contributed by atoms with Crippen LogP contribution < -0.4 is 0 Å². The van der Waals surface area contributed by atoms with Crippen molar-refractivity contribution in [3.8, 4) is 0 Å². The molecule has 0 aromatic carbocycles. The monoisotopic (exact) mass is 608 g/mol. The van der Waals surface area contributed by atoms with Gasteiger partial charge in [-0.15, -0.1) is 0 Å². The molecule has 0 fully saturated rings. The third-order valence-electron chi connectivity index (χ3n) is 7.76. The summed E-state index contributed by atoms with van der Waals surface area (Å²) in [5.74, 6) is -1.64. The molecule has 0 aromatic rings. The van der Waals surface area contributed by atoms with Gasteiger partial charge in [-0.1, -0.05) is 34.1 Å². The Balaban J connectivity index is 0.000000241. The summed E-state index contributed by atoms with van der Waals surface area (Å²) in [6.45, 7) is 9.63. The maximum absolute atomic E-state index is 11.6. The zero-order valence-corrected chi connectivity index (χ0v) is 25.7. The predicted molar refractivity (Wildman–Crippen MR) is 159 cm³/mol. The van der Waals surface area contributed by atoms with Gasteiger partial charge in [0.1, 0.15) is 0 Å². The van der Waals surface area contributed by atoms with Gasteiger partial charge in [-0.25, -0.2) is 0 Å². The lowest BCUT2D eigenvalue weighted by atomic mass is 9.81. The number of carbonyl (C=O) groups excluding carboxylic acids is 8. The van der Waals surface area contributed by atoms with Crippen LogP contribution in [-0.2, 0) is 38.4 Å². The van der Waals surface area contributed by atoms with E-state index in [-0.39, 0.29) is 64.5 Å². The van der Waals surface area contributed by atoms with Gasteiger partial charge in [0.05, 0.1) is 0 Å². The Morgan fingerprint density at radius 1 is 0.500 bits per heavy atom. The molecule has 4 aliphatic heterocycles. The summed E-state index contributed by atoms with van der Waals surface area (Å²) in [6.07, 6.45) is 14.2. The van der Waals surface area contributed by atoms with Crippen LogP contribution in [0.3, 0.4) is 0 Å². The molecule has 0 bridgehead atoms. The first-order valence-corrected chi connectivity index (χ1v) is 14.8. The largest absolute Gasteiger partial charge is 0.275 e. The van der Waals surface area contributed by atoms with Crippen LogP contribution in [0.1, 0.15) is 59.8 Å². The number of unbranched alkanes of at least 4 members (excludes halogenated alkanes) is 1. The molecule has 236 valence electrons. The lowest BCUT2D eigenvalue weighted by Crippen LogP contribution is -2.39. The predicted octanol–water partition coefficient (Wildman–Crippen LogP) is 1.92. The SMILES string of the molecule is CC(CCCCN1C(=O)C=CC1=O)CN1C(=O)C=CC1=O.CC(CCN1C(=O)C=CC1=O)CC(C)(C)CN1C(=O)C=CC1=O. The highest BCUT2D eigenvalue weighted by molar-refractivity contribution is 6.14. The van der Waals surface area contributed by atoms with E-state index in [2.05, 4.69) is 0 Å². The number of hydrogen-bond acceptors (Lipinski definition) is 8. The molecule has 2 atom stereocenters. The summed E-state index contributed by atoms with van der Waals surface area (Å²) >= 11 is 0. The molecule has 0 aliphatic carbocycles. The minimum Gasteiger partial charge on any atom is -0.275 e. The minimum absolute atomic E-state index is 0.195. The fourth-order valence-corrected chi connectivity index (χ4v) is 5.55. The Kier molecular flexibility index (Phi) is 11.4. The quantitative estimate of drug-likeness (QED) is 0.215. The molecule has 12 heteroatoms. The lowest BCUT2D eigenvalue weighted by molar-refractivity contribution is -0.140. The molecule has 4 heterocycles. The Labute approximate surface area is 257 Å². The first-order valence-electron chi connectivity index (χ1n) is 14.8. The standard InChI is InChI=1S/C17H22N2O4.C15H18N2O4/c1-12(8-9-18-13(20)4-5-14(18)21)10-17(2,3)11-19-15(22)6-7-16(19)23;1-11(10-17-14(20)7-8-15(17)21)4-2-3-9-16-12(18)5-6-13(16)19/h4-7,12H,8-11H2,1-3H3;5-8,11H,2-4,9-10H2,1H3. The van der Waals surface area contributed by atoms with Crippen molar-refractivity contribution in [3.05, 3.63) is 48.6 Å². The Morgan fingerprint density at radius 3 is 1.34 bits per heavy atom. The van der Waals surface area contributed by atoms with Crippen molar-refractivity contribution < 1.29 is 38.4 Å². The molecule has 0 aromatic heterocycles. The molecule has 0 spiro atoms. The van der Waals surface area contributed by atoms with E-state index in [0.717, 1.165) is 25.7 Å². The number of imide groups is 4. The summed E-state index contributed by atoms with van der Waals surface area (Å²) in [5, 5.41) is 0. The second-order valence-electron chi connectivity index (χ2n) is 12.4. The number of carbonyl (C=O) groups is 8. The van der Waals surface area contributed by atoms with Crippen molar-refractivity contribution >= 4 is 47.3 Å². The molecule has 8 amide bonds. The van der Waals surface area contributed by atoms with Crippen LogP contribution in [0.15, 0.2) is 48.6 Å². The molecular formula is C32H40N4O8. The van der Waals surface area contributed by atoms with Crippen molar-refractivity contribution in [3.63, 3.8) is 0 Å². The highest BCUT2D eigenvalue weighted by Gasteiger charge is 2.32. The second kappa shape index (κ2) is 14.8. The molecule has 4 rings (SSSR count). The highest BCUT2D eigenvalue weighted by Crippen LogP contribution is 2.29. The topological polar surface area (TPSA) is 150 Å². The Morgan fingerprint density at radius 2 is 0.886 bits per heavy atom. The third kappa shape index (κ3) is 9.26. The molecule has 0 radical (unpaired) electrons. The van der Waals surface area contributed by atoms with Crippen LogP contribution in [0.5, 0.6) is 0 Å². The smallest absolute Gasteiger partial charge is 0.253 e. The van der Waals surface area contributed by atoms with Gasteiger partial charge < -0.3 is 0 Å². The van der Waals surface area contributed by atoms with Crippen LogP contribution in [0, 0.1) is 17.3 Å². The number of rotatable bonds is 14. The van der Waals surface area contributed by atoms with Crippen LogP contribution in [0.25, 0.3) is 0 Å². The van der Waals surface area contributed by atoms with Gasteiger partial charge in [0.25, 0.3) is 47.3 Å². The Hall–Kier alpha value is -4.48. The second-order valence-corrected chi connectivity index (χ2v) is 12.4. The fourth-order valence-electron chi connectivity index (χ4n) is 5.55. The Bertz CT molecular complexity index is 1270. The normalized spacial score (nSPS) is 19.4. The minimum atomic E-state index is -0.268. The van der Waals surface area contributed by atoms with E-state index in [1.165, 1.54) is 68.2 Å². The van der Waals surface area contributed by atoms with Gasteiger partial charge in [0, 0.05) is 74.8 Å². The summed E-state index contributed by atoms with van der Waals surface area (Å²) in [4.78, 5) is 96.8. The summed E-state index contributed by atoms with van der Waals surface area (Å²) in [5.41, 5.74) is -0.228. The number of nitrogens with zero attached hydrogens (tertiary/aromatic N) is 4. The van der Waals surface area contributed by atoms with Crippen LogP contribution in [0.4, 0.5) is 0 Å². The van der Waals surface area contributed by atoms with E-state index >= 15 is 0 Å². The molecule has 0 saturated heterocycles. The van der Waals surface area contributed by atoms with E-state index in [4.69, 9.17) is 0 Å². The van der Waals surface area contributed by atoms with Crippen LogP contribution >= 0.6 is 0 Å². The van der Waals surface area contributed by atoms with Crippen molar-refractivity contribution in [2.24, 2.45) is 17.3 Å². The maximum Gasteiger partial charge on any atom is 0.253 e. The maximum atomic E-state index is 11.6. The summed E-state index contributed by atoms with van der Waals surface area (Å²) in [7, 11) is 0. The molecule has 2 unspecified atom stereocenters. The molecule has 0 saturated carbocycles. The molecule has 44 heavy (non-hydrogen) atoms. The zero-order valence-electron chi connectivity index (χ0n) is 25.7. The van der Waals surface area contributed by atoms with E-state index in [9.17, 15) is 38.4 Å². The van der Waals surface area contributed by atoms with Crippen molar-refractivity contribution in [1.82, 2.24) is 19.6 Å². The third-order valence-corrected chi connectivity index (χ3v) is 7.76. The van der Waals surface area contributed by atoms with E-state index in [1.807, 2.05) is 27.7 Å². The molecular weight excluding hydrogens is 568 g/mol. The number of amides is 8. The van der Waals surface area contributed by atoms with Crippen molar-refractivity contribution in [1.29, 1.82) is 0 Å². The van der Waals surface area contributed by atoms with Gasteiger partial charge in [0.2, 0.25) is 0 Å².